The van der Waals surface area contributed by atoms with Crippen LogP contribution in [-0.2, 0) is 9.53 Å². The summed E-state index contributed by atoms with van der Waals surface area (Å²) in [7, 11) is 1.46. The zero-order valence-electron chi connectivity index (χ0n) is 8.77. The monoisotopic (exact) mass is 256 g/mol. The van der Waals surface area contributed by atoms with Crippen LogP contribution in [0, 0.1) is 0 Å². The van der Waals surface area contributed by atoms with E-state index in [9.17, 15) is 4.79 Å². The van der Waals surface area contributed by atoms with E-state index in [0.717, 1.165) is 26.1 Å². The number of piperazine rings is 1. The summed E-state index contributed by atoms with van der Waals surface area (Å²) in [4.78, 5) is 13.8. The lowest BCUT2D eigenvalue weighted by atomic mass is 10.0. The summed E-state index contributed by atoms with van der Waals surface area (Å²) >= 11 is 0. The fraction of sp³-hybridized carbons (Fsp3) is 0.889. The normalized spacial score (nSPS) is 29.7. The first-order valence-corrected chi connectivity index (χ1v) is 4.88. The summed E-state index contributed by atoms with van der Waals surface area (Å²) in [5, 5.41) is 3.22. The smallest absolute Gasteiger partial charge is 0.324 e. The molecule has 2 heterocycles. The van der Waals surface area contributed by atoms with Crippen LogP contribution in [0.1, 0.15) is 12.8 Å². The van der Waals surface area contributed by atoms with Crippen LogP contribution in [0.25, 0.3) is 0 Å². The standard InChI is InChI=1S/C9H16N2O2.2ClH/c1-13-9(12)8-7-3-2-5-11(7)6-4-10-8;;/h7-8,10H,2-6H2,1H3;2*1H. The highest BCUT2D eigenvalue weighted by molar-refractivity contribution is 5.85. The molecule has 0 aromatic carbocycles. The van der Waals surface area contributed by atoms with Crippen LogP contribution in [-0.4, -0.2) is 49.7 Å². The Morgan fingerprint density at radius 3 is 2.80 bits per heavy atom. The van der Waals surface area contributed by atoms with Crippen molar-refractivity contribution < 1.29 is 9.53 Å². The minimum Gasteiger partial charge on any atom is -0.468 e. The third-order valence-corrected chi connectivity index (χ3v) is 3.02. The number of hydrogen-bond donors (Lipinski definition) is 1. The molecule has 4 nitrogen and oxygen atoms in total. The molecule has 0 saturated carbocycles. The first kappa shape index (κ1) is 15.0. The molecule has 90 valence electrons. The number of halogens is 2. The highest BCUT2D eigenvalue weighted by atomic mass is 35.5. The van der Waals surface area contributed by atoms with E-state index in [4.69, 9.17) is 4.74 Å². The number of ether oxygens (including phenoxy) is 1. The van der Waals surface area contributed by atoms with Gasteiger partial charge in [0.25, 0.3) is 0 Å². The van der Waals surface area contributed by atoms with Gasteiger partial charge in [-0.3, -0.25) is 9.69 Å². The number of esters is 1. The van der Waals surface area contributed by atoms with E-state index in [1.165, 1.54) is 13.5 Å². The van der Waals surface area contributed by atoms with Crippen LogP contribution < -0.4 is 5.32 Å². The van der Waals surface area contributed by atoms with Gasteiger partial charge in [-0.25, -0.2) is 0 Å². The Hall–Kier alpha value is -0.0300. The number of methoxy groups -OCH3 is 1. The predicted molar refractivity (Wildman–Crippen MR) is 62.9 cm³/mol. The first-order valence-electron chi connectivity index (χ1n) is 4.88. The maximum Gasteiger partial charge on any atom is 0.324 e. The zero-order chi connectivity index (χ0) is 9.26. The number of carbonyl (C=O) groups is 1. The maximum absolute atomic E-state index is 11.4. The minimum absolute atomic E-state index is 0. The van der Waals surface area contributed by atoms with Crippen molar-refractivity contribution in [2.24, 2.45) is 0 Å². The summed E-state index contributed by atoms with van der Waals surface area (Å²) in [5.41, 5.74) is 0. The molecule has 0 radical (unpaired) electrons. The SMILES string of the molecule is COC(=O)C1NCCN2CCCC12.Cl.Cl. The lowest BCUT2D eigenvalue weighted by molar-refractivity contribution is -0.145. The molecule has 0 spiro atoms. The maximum atomic E-state index is 11.4. The Balaban J connectivity index is 0.000000980. The van der Waals surface area contributed by atoms with Crippen molar-refractivity contribution in [2.75, 3.05) is 26.7 Å². The minimum atomic E-state index is -0.114. The van der Waals surface area contributed by atoms with Gasteiger partial charge in [0.05, 0.1) is 7.11 Å². The van der Waals surface area contributed by atoms with Crippen molar-refractivity contribution in [2.45, 2.75) is 24.9 Å². The summed E-state index contributed by atoms with van der Waals surface area (Å²) in [5.74, 6) is -0.114. The number of nitrogens with one attached hydrogen (secondary N) is 1. The molecule has 0 amide bonds. The van der Waals surface area contributed by atoms with Crippen LogP contribution in [0.2, 0.25) is 0 Å². The van der Waals surface area contributed by atoms with E-state index in [1.54, 1.807) is 0 Å². The summed E-state index contributed by atoms with van der Waals surface area (Å²) < 4.78 is 4.77. The van der Waals surface area contributed by atoms with Gasteiger partial charge >= 0.3 is 5.97 Å². The molecule has 2 saturated heterocycles. The average Bonchev–Trinajstić information content (AvgIpc) is 2.63. The van der Waals surface area contributed by atoms with E-state index in [2.05, 4.69) is 10.2 Å². The fourth-order valence-electron chi connectivity index (χ4n) is 2.37. The summed E-state index contributed by atoms with van der Waals surface area (Å²) in [6.07, 6.45) is 2.33. The van der Waals surface area contributed by atoms with Crippen molar-refractivity contribution in [3.8, 4) is 0 Å². The topological polar surface area (TPSA) is 41.6 Å². The Bertz CT molecular complexity index is 216. The molecular formula is C9H18Cl2N2O2. The van der Waals surface area contributed by atoms with Gasteiger partial charge in [0.2, 0.25) is 0 Å². The second kappa shape index (κ2) is 6.53. The lowest BCUT2D eigenvalue weighted by Gasteiger charge is -2.35. The molecule has 6 heteroatoms. The van der Waals surface area contributed by atoms with E-state index in [1.807, 2.05) is 0 Å². The second-order valence-electron chi connectivity index (χ2n) is 3.70. The molecule has 2 atom stereocenters. The van der Waals surface area contributed by atoms with Gasteiger partial charge in [-0.05, 0) is 19.4 Å². The van der Waals surface area contributed by atoms with Gasteiger partial charge in [-0.15, -0.1) is 24.8 Å². The molecule has 2 rings (SSSR count). The van der Waals surface area contributed by atoms with Crippen LogP contribution >= 0.6 is 24.8 Å². The molecule has 2 fully saturated rings. The Labute approximate surface area is 103 Å². The van der Waals surface area contributed by atoms with Gasteiger partial charge in [0.15, 0.2) is 0 Å². The quantitative estimate of drug-likeness (QED) is 0.692. The Kier molecular flexibility index (Phi) is 6.52. The van der Waals surface area contributed by atoms with Crippen molar-refractivity contribution in [1.82, 2.24) is 10.2 Å². The highest BCUT2D eigenvalue weighted by Gasteiger charge is 2.38. The highest BCUT2D eigenvalue weighted by Crippen LogP contribution is 2.22. The van der Waals surface area contributed by atoms with Gasteiger partial charge in [0, 0.05) is 19.1 Å². The van der Waals surface area contributed by atoms with Gasteiger partial charge in [-0.2, -0.15) is 0 Å². The van der Waals surface area contributed by atoms with Crippen molar-refractivity contribution in [1.29, 1.82) is 0 Å². The summed E-state index contributed by atoms with van der Waals surface area (Å²) in [6, 6.07) is 0.280. The Morgan fingerprint density at radius 1 is 1.40 bits per heavy atom. The van der Waals surface area contributed by atoms with Gasteiger partial charge in [-0.1, -0.05) is 0 Å². The van der Waals surface area contributed by atoms with Crippen LogP contribution in [0.5, 0.6) is 0 Å². The number of rotatable bonds is 1. The number of carbonyl (C=O) groups excluding carboxylic acids is 1. The average molecular weight is 257 g/mol. The Morgan fingerprint density at radius 2 is 2.13 bits per heavy atom. The first-order chi connectivity index (χ1) is 6.33. The van der Waals surface area contributed by atoms with Crippen molar-refractivity contribution >= 4 is 30.8 Å². The van der Waals surface area contributed by atoms with E-state index >= 15 is 0 Å². The van der Waals surface area contributed by atoms with E-state index in [-0.39, 0.29) is 36.8 Å². The van der Waals surface area contributed by atoms with Crippen LogP contribution in [0.3, 0.4) is 0 Å². The molecule has 2 unspecified atom stereocenters. The van der Waals surface area contributed by atoms with Gasteiger partial charge < -0.3 is 10.1 Å². The number of hydrogen-bond acceptors (Lipinski definition) is 4. The van der Waals surface area contributed by atoms with Crippen molar-refractivity contribution in [3.63, 3.8) is 0 Å². The molecule has 0 aliphatic carbocycles. The molecule has 1 N–H and O–H groups in total. The molecule has 2 aliphatic rings. The fourth-order valence-corrected chi connectivity index (χ4v) is 2.37. The van der Waals surface area contributed by atoms with Crippen LogP contribution in [0.15, 0.2) is 0 Å². The number of nitrogens with zero attached hydrogens (tertiary/aromatic N) is 1. The third-order valence-electron chi connectivity index (χ3n) is 3.02. The molecule has 0 aromatic rings. The second-order valence-corrected chi connectivity index (χ2v) is 3.70. The van der Waals surface area contributed by atoms with E-state index < -0.39 is 0 Å². The zero-order valence-corrected chi connectivity index (χ0v) is 10.4. The lowest BCUT2D eigenvalue weighted by Crippen LogP contribution is -2.58. The largest absolute Gasteiger partial charge is 0.468 e. The summed E-state index contributed by atoms with van der Waals surface area (Å²) in [6.45, 7) is 3.11. The predicted octanol–water partition coefficient (Wildman–Crippen LogP) is 0.439. The number of fused-ring (bicyclic) bond motifs is 1. The third kappa shape index (κ3) is 2.97. The van der Waals surface area contributed by atoms with Crippen LogP contribution in [0.4, 0.5) is 0 Å². The van der Waals surface area contributed by atoms with E-state index in [0.29, 0.717) is 6.04 Å². The molecule has 0 aromatic heterocycles. The molecule has 2 aliphatic heterocycles. The molecular weight excluding hydrogens is 239 g/mol. The molecule has 0 bridgehead atoms. The van der Waals surface area contributed by atoms with Gasteiger partial charge in [0.1, 0.15) is 6.04 Å². The van der Waals surface area contributed by atoms with Crippen molar-refractivity contribution in [3.05, 3.63) is 0 Å². The molecule has 15 heavy (non-hydrogen) atoms.